The van der Waals surface area contributed by atoms with Gasteiger partial charge in [0.05, 0.1) is 0 Å². The standard InChI is InChI=1S/C13H24N2O2/c1-3-14-11-6-7-15(9-10(11)2)13(16)12-5-4-8-17-12/h10-12,14H,3-9H2,1-2H3. The second-order valence-electron chi connectivity index (χ2n) is 5.22. The molecule has 0 aliphatic carbocycles. The summed E-state index contributed by atoms with van der Waals surface area (Å²) in [7, 11) is 0. The van der Waals surface area contributed by atoms with E-state index in [2.05, 4.69) is 19.2 Å². The van der Waals surface area contributed by atoms with E-state index in [-0.39, 0.29) is 12.0 Å². The van der Waals surface area contributed by atoms with Crippen LogP contribution in [0.4, 0.5) is 0 Å². The van der Waals surface area contributed by atoms with Gasteiger partial charge >= 0.3 is 0 Å². The van der Waals surface area contributed by atoms with Crippen LogP contribution < -0.4 is 5.32 Å². The summed E-state index contributed by atoms with van der Waals surface area (Å²) in [4.78, 5) is 14.2. The van der Waals surface area contributed by atoms with Crippen LogP contribution in [-0.4, -0.2) is 49.2 Å². The Labute approximate surface area is 104 Å². The van der Waals surface area contributed by atoms with Gasteiger partial charge in [-0.15, -0.1) is 0 Å². The Hall–Kier alpha value is -0.610. The van der Waals surface area contributed by atoms with Crippen molar-refractivity contribution in [3.05, 3.63) is 0 Å². The average Bonchev–Trinajstić information content (AvgIpc) is 2.84. The van der Waals surface area contributed by atoms with Gasteiger partial charge in [-0.1, -0.05) is 13.8 Å². The number of hydrogen-bond donors (Lipinski definition) is 1. The SMILES string of the molecule is CCNC1CCN(C(=O)C2CCCO2)CC1C. The summed E-state index contributed by atoms with van der Waals surface area (Å²) in [6.07, 6.45) is 2.84. The van der Waals surface area contributed by atoms with Crippen molar-refractivity contribution >= 4 is 5.91 Å². The fraction of sp³-hybridized carbons (Fsp3) is 0.923. The Morgan fingerprint density at radius 3 is 2.88 bits per heavy atom. The maximum Gasteiger partial charge on any atom is 0.251 e. The van der Waals surface area contributed by atoms with E-state index >= 15 is 0 Å². The fourth-order valence-corrected chi connectivity index (χ4v) is 2.89. The van der Waals surface area contributed by atoms with Crippen molar-refractivity contribution in [1.82, 2.24) is 10.2 Å². The van der Waals surface area contributed by atoms with E-state index in [0.717, 1.165) is 45.5 Å². The Morgan fingerprint density at radius 2 is 2.29 bits per heavy atom. The maximum atomic E-state index is 12.2. The van der Waals surface area contributed by atoms with Crippen molar-refractivity contribution in [2.75, 3.05) is 26.2 Å². The van der Waals surface area contributed by atoms with Crippen molar-refractivity contribution in [1.29, 1.82) is 0 Å². The van der Waals surface area contributed by atoms with Crippen molar-refractivity contribution in [3.8, 4) is 0 Å². The number of carbonyl (C=O) groups is 1. The predicted molar refractivity (Wildman–Crippen MR) is 66.8 cm³/mol. The molecular formula is C13H24N2O2. The first-order chi connectivity index (χ1) is 8.22. The summed E-state index contributed by atoms with van der Waals surface area (Å²) < 4.78 is 5.47. The van der Waals surface area contributed by atoms with Crippen molar-refractivity contribution in [2.24, 2.45) is 5.92 Å². The number of carbonyl (C=O) groups excluding carboxylic acids is 1. The number of nitrogens with zero attached hydrogens (tertiary/aromatic N) is 1. The molecular weight excluding hydrogens is 216 g/mol. The molecule has 0 aromatic rings. The van der Waals surface area contributed by atoms with Crippen molar-refractivity contribution < 1.29 is 9.53 Å². The zero-order valence-corrected chi connectivity index (χ0v) is 10.9. The molecule has 3 unspecified atom stereocenters. The highest BCUT2D eigenvalue weighted by Crippen LogP contribution is 2.21. The molecule has 3 atom stereocenters. The Bertz CT molecular complexity index is 264. The van der Waals surface area contributed by atoms with Gasteiger partial charge < -0.3 is 15.0 Å². The molecule has 2 saturated heterocycles. The lowest BCUT2D eigenvalue weighted by molar-refractivity contribution is -0.143. The lowest BCUT2D eigenvalue weighted by atomic mass is 9.93. The van der Waals surface area contributed by atoms with Crippen LogP contribution in [-0.2, 0) is 9.53 Å². The second-order valence-corrected chi connectivity index (χ2v) is 5.22. The zero-order chi connectivity index (χ0) is 12.3. The van der Waals surface area contributed by atoms with E-state index in [4.69, 9.17) is 4.74 Å². The Morgan fingerprint density at radius 1 is 1.47 bits per heavy atom. The van der Waals surface area contributed by atoms with Crippen LogP contribution in [0.2, 0.25) is 0 Å². The van der Waals surface area contributed by atoms with Crippen molar-refractivity contribution in [3.63, 3.8) is 0 Å². The van der Waals surface area contributed by atoms with Gasteiger partial charge in [-0.05, 0) is 31.7 Å². The number of hydrogen-bond acceptors (Lipinski definition) is 3. The smallest absolute Gasteiger partial charge is 0.251 e. The lowest BCUT2D eigenvalue weighted by Gasteiger charge is -2.38. The number of piperidine rings is 1. The van der Waals surface area contributed by atoms with Gasteiger partial charge in [-0.3, -0.25) is 4.79 Å². The number of likely N-dealkylation sites (tertiary alicyclic amines) is 1. The summed E-state index contributed by atoms with van der Waals surface area (Å²) in [5, 5.41) is 3.49. The van der Waals surface area contributed by atoms with Gasteiger partial charge in [0.1, 0.15) is 6.10 Å². The quantitative estimate of drug-likeness (QED) is 0.800. The topological polar surface area (TPSA) is 41.6 Å². The van der Waals surface area contributed by atoms with Gasteiger partial charge in [0.15, 0.2) is 0 Å². The van der Waals surface area contributed by atoms with Crippen LogP contribution in [0.15, 0.2) is 0 Å². The van der Waals surface area contributed by atoms with E-state index < -0.39 is 0 Å². The minimum Gasteiger partial charge on any atom is -0.368 e. The molecule has 0 aromatic heterocycles. The molecule has 0 aromatic carbocycles. The number of rotatable bonds is 3. The van der Waals surface area contributed by atoms with Gasteiger partial charge in [0, 0.05) is 25.7 Å². The molecule has 4 heteroatoms. The molecule has 0 saturated carbocycles. The van der Waals surface area contributed by atoms with Crippen molar-refractivity contribution in [2.45, 2.75) is 45.3 Å². The first-order valence-corrected chi connectivity index (χ1v) is 6.86. The summed E-state index contributed by atoms with van der Waals surface area (Å²) in [6, 6.07) is 0.563. The molecule has 2 fully saturated rings. The monoisotopic (exact) mass is 240 g/mol. The van der Waals surface area contributed by atoms with Gasteiger partial charge in [0.2, 0.25) is 0 Å². The van der Waals surface area contributed by atoms with E-state index in [9.17, 15) is 4.79 Å². The molecule has 0 bridgehead atoms. The molecule has 0 spiro atoms. The van der Waals surface area contributed by atoms with Crippen LogP contribution in [0.5, 0.6) is 0 Å². The van der Waals surface area contributed by atoms with Gasteiger partial charge in [-0.2, -0.15) is 0 Å². The van der Waals surface area contributed by atoms with E-state index in [1.54, 1.807) is 0 Å². The largest absolute Gasteiger partial charge is 0.368 e. The molecule has 17 heavy (non-hydrogen) atoms. The van der Waals surface area contributed by atoms with Crippen LogP contribution >= 0.6 is 0 Å². The summed E-state index contributed by atoms with van der Waals surface area (Å²) in [6.45, 7) is 7.87. The highest BCUT2D eigenvalue weighted by Gasteiger charge is 2.33. The highest BCUT2D eigenvalue weighted by molar-refractivity contribution is 5.81. The Kier molecular flexibility index (Phi) is 4.40. The predicted octanol–water partition coefficient (Wildman–Crippen LogP) is 1.01. The molecule has 2 aliphatic rings. The van der Waals surface area contributed by atoms with E-state index in [0.29, 0.717) is 12.0 Å². The molecule has 1 N–H and O–H groups in total. The van der Waals surface area contributed by atoms with Crippen LogP contribution in [0, 0.1) is 5.92 Å². The lowest BCUT2D eigenvalue weighted by Crippen LogP contribution is -2.52. The van der Waals surface area contributed by atoms with E-state index in [1.165, 1.54) is 0 Å². The maximum absolute atomic E-state index is 12.2. The third-order valence-electron chi connectivity index (χ3n) is 3.89. The van der Waals surface area contributed by atoms with Crippen LogP contribution in [0.1, 0.15) is 33.1 Å². The first-order valence-electron chi connectivity index (χ1n) is 6.86. The highest BCUT2D eigenvalue weighted by atomic mass is 16.5. The average molecular weight is 240 g/mol. The molecule has 4 nitrogen and oxygen atoms in total. The number of nitrogens with one attached hydrogen (secondary N) is 1. The van der Waals surface area contributed by atoms with E-state index in [1.807, 2.05) is 4.90 Å². The molecule has 1 amide bonds. The first kappa shape index (κ1) is 12.8. The summed E-state index contributed by atoms with van der Waals surface area (Å²) in [5.41, 5.74) is 0. The van der Waals surface area contributed by atoms with Gasteiger partial charge in [0.25, 0.3) is 5.91 Å². The molecule has 0 radical (unpaired) electrons. The molecule has 2 aliphatic heterocycles. The molecule has 98 valence electrons. The summed E-state index contributed by atoms with van der Waals surface area (Å²) >= 11 is 0. The molecule has 2 rings (SSSR count). The Balaban J connectivity index is 1.85. The third-order valence-corrected chi connectivity index (χ3v) is 3.89. The normalized spacial score (nSPS) is 34.0. The minimum atomic E-state index is -0.155. The third kappa shape index (κ3) is 2.99. The molecule has 2 heterocycles. The van der Waals surface area contributed by atoms with Crippen LogP contribution in [0.3, 0.4) is 0 Å². The fourth-order valence-electron chi connectivity index (χ4n) is 2.89. The number of amides is 1. The summed E-state index contributed by atoms with van der Waals surface area (Å²) in [5.74, 6) is 0.748. The van der Waals surface area contributed by atoms with Gasteiger partial charge in [-0.25, -0.2) is 0 Å². The number of ether oxygens (including phenoxy) is 1. The van der Waals surface area contributed by atoms with Crippen LogP contribution in [0.25, 0.3) is 0 Å². The minimum absolute atomic E-state index is 0.155. The second kappa shape index (κ2) is 5.83. The zero-order valence-electron chi connectivity index (χ0n) is 10.9.